The Balaban J connectivity index is 1.92. The van der Waals surface area contributed by atoms with Crippen molar-refractivity contribution >= 4 is 0 Å². The number of hydrogen-bond donors (Lipinski definition) is 2. The molecule has 1 saturated heterocycles. The van der Waals surface area contributed by atoms with Crippen LogP contribution in [0.2, 0.25) is 0 Å². The molecule has 2 fully saturated rings. The highest BCUT2D eigenvalue weighted by atomic mass is 15.7. The van der Waals surface area contributed by atoms with Crippen molar-refractivity contribution in [2.45, 2.75) is 44.2 Å². The summed E-state index contributed by atoms with van der Waals surface area (Å²) in [7, 11) is 0. The highest BCUT2D eigenvalue weighted by Gasteiger charge is 2.40. The Morgan fingerprint density at radius 1 is 0.778 bits per heavy atom. The summed E-state index contributed by atoms with van der Waals surface area (Å²) in [5, 5.41) is 0. The second-order valence-electron chi connectivity index (χ2n) is 3.25. The Bertz CT molecular complexity index is 97.5. The van der Waals surface area contributed by atoms with Crippen molar-refractivity contribution in [3.63, 3.8) is 0 Å². The lowest BCUT2D eigenvalue weighted by molar-refractivity contribution is 0.523. The van der Waals surface area contributed by atoms with Crippen LogP contribution in [0.4, 0.5) is 0 Å². The van der Waals surface area contributed by atoms with Crippen LogP contribution < -0.4 is 10.9 Å². The van der Waals surface area contributed by atoms with Gasteiger partial charge in [-0.05, 0) is 12.8 Å². The molecule has 0 aromatic carbocycles. The highest BCUT2D eigenvalue weighted by Crippen LogP contribution is 2.29. The Morgan fingerprint density at radius 2 is 1.33 bits per heavy atom. The molecule has 0 atom stereocenters. The molecule has 2 aliphatic rings. The van der Waals surface area contributed by atoms with Crippen molar-refractivity contribution in [1.29, 1.82) is 0 Å². The number of hydrazine groups is 1. The third-order valence-corrected chi connectivity index (χ3v) is 2.44. The molecular weight excluding hydrogens is 112 g/mol. The fourth-order valence-electron chi connectivity index (χ4n) is 1.67. The van der Waals surface area contributed by atoms with Crippen LogP contribution in [0.15, 0.2) is 0 Å². The minimum absolute atomic E-state index is 0.413. The Kier molecular flexibility index (Phi) is 1.24. The Morgan fingerprint density at radius 3 is 1.78 bits per heavy atom. The van der Waals surface area contributed by atoms with Crippen molar-refractivity contribution in [2.75, 3.05) is 0 Å². The molecule has 0 radical (unpaired) electrons. The van der Waals surface area contributed by atoms with Crippen molar-refractivity contribution in [3.8, 4) is 0 Å². The van der Waals surface area contributed by atoms with Crippen LogP contribution in [0.5, 0.6) is 0 Å². The molecular formula is C7H14N2. The van der Waals surface area contributed by atoms with Gasteiger partial charge in [-0.25, -0.2) is 10.9 Å². The van der Waals surface area contributed by atoms with Crippen molar-refractivity contribution < 1.29 is 0 Å². The highest BCUT2D eigenvalue weighted by molar-refractivity contribution is 4.94. The van der Waals surface area contributed by atoms with E-state index in [1.165, 1.54) is 38.5 Å². The summed E-state index contributed by atoms with van der Waals surface area (Å²) >= 11 is 0. The fraction of sp³-hybridized carbons (Fsp3) is 1.00. The fourth-order valence-corrected chi connectivity index (χ4v) is 1.67. The monoisotopic (exact) mass is 126 g/mol. The number of hydrogen-bond acceptors (Lipinski definition) is 2. The number of rotatable bonds is 0. The maximum Gasteiger partial charge on any atom is 0.0943 e. The maximum atomic E-state index is 3.24. The van der Waals surface area contributed by atoms with Crippen molar-refractivity contribution in [3.05, 3.63) is 0 Å². The van der Waals surface area contributed by atoms with E-state index in [1.807, 2.05) is 0 Å². The molecule has 2 rings (SSSR count). The van der Waals surface area contributed by atoms with E-state index >= 15 is 0 Å². The quantitative estimate of drug-likeness (QED) is 0.478. The molecule has 0 amide bonds. The van der Waals surface area contributed by atoms with Gasteiger partial charge in [0.25, 0.3) is 0 Å². The summed E-state index contributed by atoms with van der Waals surface area (Å²) in [6, 6.07) is 0. The van der Waals surface area contributed by atoms with E-state index in [4.69, 9.17) is 0 Å². The summed E-state index contributed by atoms with van der Waals surface area (Å²) in [5.41, 5.74) is 6.89. The van der Waals surface area contributed by atoms with Crippen molar-refractivity contribution in [2.24, 2.45) is 0 Å². The molecule has 1 aliphatic carbocycles. The minimum atomic E-state index is 0.413. The van der Waals surface area contributed by atoms with Gasteiger partial charge in [-0.3, -0.25) is 0 Å². The van der Waals surface area contributed by atoms with Gasteiger partial charge < -0.3 is 0 Å². The van der Waals surface area contributed by atoms with Crippen LogP contribution in [0.25, 0.3) is 0 Å². The smallest absolute Gasteiger partial charge is 0.0943 e. The van der Waals surface area contributed by atoms with E-state index in [-0.39, 0.29) is 0 Å². The lowest BCUT2D eigenvalue weighted by Gasteiger charge is -2.04. The molecule has 1 saturated carbocycles. The van der Waals surface area contributed by atoms with Gasteiger partial charge in [0, 0.05) is 0 Å². The predicted octanol–water partition coefficient (Wildman–Crippen LogP) is 1.14. The van der Waals surface area contributed by atoms with Crippen LogP contribution in [0.3, 0.4) is 0 Å². The second kappa shape index (κ2) is 1.96. The third-order valence-electron chi connectivity index (χ3n) is 2.44. The first-order valence-corrected chi connectivity index (χ1v) is 3.96. The summed E-state index contributed by atoms with van der Waals surface area (Å²) in [5.74, 6) is 0. The predicted molar refractivity (Wildman–Crippen MR) is 36.7 cm³/mol. The average molecular weight is 126 g/mol. The van der Waals surface area contributed by atoms with Crippen LogP contribution in [-0.4, -0.2) is 5.66 Å². The van der Waals surface area contributed by atoms with E-state index < -0.39 is 0 Å². The van der Waals surface area contributed by atoms with Gasteiger partial charge in [-0.1, -0.05) is 25.7 Å². The molecule has 0 unspecified atom stereocenters. The Labute approximate surface area is 56.0 Å². The first-order valence-electron chi connectivity index (χ1n) is 3.96. The van der Waals surface area contributed by atoms with Gasteiger partial charge in [-0.2, -0.15) is 0 Å². The van der Waals surface area contributed by atoms with Gasteiger partial charge in [0.15, 0.2) is 0 Å². The first kappa shape index (κ1) is 5.69. The van der Waals surface area contributed by atoms with Crippen LogP contribution in [0, 0.1) is 0 Å². The zero-order valence-corrected chi connectivity index (χ0v) is 5.74. The zero-order chi connectivity index (χ0) is 6.16. The largest absolute Gasteiger partial charge is 0.235 e. The molecule has 1 heterocycles. The average Bonchev–Trinajstić information content (AvgIpc) is 2.64. The normalized spacial score (nSPS) is 32.0. The topological polar surface area (TPSA) is 43.9 Å². The lowest BCUT2D eigenvalue weighted by atomic mass is 10.1. The van der Waals surface area contributed by atoms with E-state index in [9.17, 15) is 0 Å². The summed E-state index contributed by atoms with van der Waals surface area (Å²) < 4.78 is 0. The van der Waals surface area contributed by atoms with Gasteiger partial charge in [0.05, 0.1) is 5.66 Å². The summed E-state index contributed by atoms with van der Waals surface area (Å²) in [6.45, 7) is 0. The maximum absolute atomic E-state index is 3.24. The van der Waals surface area contributed by atoms with Crippen LogP contribution in [-0.2, 0) is 0 Å². The number of nitrogens with one attached hydrogen (secondary N) is 2. The molecule has 2 heteroatoms. The van der Waals surface area contributed by atoms with Crippen molar-refractivity contribution in [1.82, 2.24) is 10.9 Å². The molecule has 2 nitrogen and oxygen atoms in total. The zero-order valence-electron chi connectivity index (χ0n) is 5.74. The van der Waals surface area contributed by atoms with E-state index in [0.717, 1.165) is 0 Å². The van der Waals surface area contributed by atoms with E-state index in [1.54, 1.807) is 0 Å². The van der Waals surface area contributed by atoms with Gasteiger partial charge >= 0.3 is 0 Å². The summed E-state index contributed by atoms with van der Waals surface area (Å²) in [6.07, 6.45) is 8.36. The molecule has 0 bridgehead atoms. The molecule has 9 heavy (non-hydrogen) atoms. The lowest BCUT2D eigenvalue weighted by Crippen LogP contribution is -2.14. The molecule has 1 aliphatic heterocycles. The van der Waals surface area contributed by atoms with E-state index in [0.29, 0.717) is 5.66 Å². The summed E-state index contributed by atoms with van der Waals surface area (Å²) in [4.78, 5) is 0. The second-order valence-corrected chi connectivity index (χ2v) is 3.25. The molecule has 2 N–H and O–H groups in total. The van der Waals surface area contributed by atoms with Gasteiger partial charge in [-0.15, -0.1) is 0 Å². The third kappa shape index (κ3) is 1.10. The van der Waals surface area contributed by atoms with Crippen LogP contribution >= 0.6 is 0 Å². The SMILES string of the molecule is C1CCCC2(CC1)NN2. The molecule has 52 valence electrons. The Hall–Kier alpha value is -0.0800. The first-order chi connectivity index (χ1) is 4.41. The van der Waals surface area contributed by atoms with Gasteiger partial charge in [0.2, 0.25) is 0 Å². The molecule has 0 aromatic heterocycles. The minimum Gasteiger partial charge on any atom is -0.235 e. The van der Waals surface area contributed by atoms with Gasteiger partial charge in [0.1, 0.15) is 0 Å². The standard InChI is InChI=1S/C7H14N2/c1-2-4-6-7(5-3-1)8-9-7/h8-9H,1-6H2. The van der Waals surface area contributed by atoms with E-state index in [2.05, 4.69) is 10.9 Å². The molecule has 1 spiro atoms. The van der Waals surface area contributed by atoms with Crippen LogP contribution in [0.1, 0.15) is 38.5 Å². The molecule has 0 aromatic rings.